The molecule has 0 spiro atoms. The van der Waals surface area contributed by atoms with Crippen molar-refractivity contribution >= 4 is 11.9 Å². The minimum Gasteiger partial charge on any atom is -0.507 e. The fourth-order valence-electron chi connectivity index (χ4n) is 1.45. The Morgan fingerprint density at radius 3 is 2.63 bits per heavy atom. The summed E-state index contributed by atoms with van der Waals surface area (Å²) >= 11 is 0. The summed E-state index contributed by atoms with van der Waals surface area (Å²) in [6.45, 7) is -0.374. The zero-order chi connectivity index (χ0) is 14.4. The third kappa shape index (κ3) is 3.85. The van der Waals surface area contributed by atoms with Gasteiger partial charge in [-0.05, 0) is 18.2 Å². The van der Waals surface area contributed by atoms with E-state index in [1.165, 1.54) is 25.3 Å². The van der Waals surface area contributed by atoms with Gasteiger partial charge in [0.05, 0.1) is 12.7 Å². The topological polar surface area (TPSA) is 116 Å². The molecule has 1 amide bonds. The molecule has 0 fully saturated rings. The lowest BCUT2D eigenvalue weighted by Crippen LogP contribution is -2.41. The van der Waals surface area contributed by atoms with E-state index in [2.05, 4.69) is 5.32 Å². The van der Waals surface area contributed by atoms with Gasteiger partial charge in [0, 0.05) is 13.0 Å². The predicted octanol–water partition coefficient (Wildman–Crippen LogP) is -0.0338. The van der Waals surface area contributed by atoms with Gasteiger partial charge in [-0.3, -0.25) is 4.79 Å². The second-order valence-electron chi connectivity index (χ2n) is 3.76. The highest BCUT2D eigenvalue weighted by Crippen LogP contribution is 2.22. The van der Waals surface area contributed by atoms with Crippen molar-refractivity contribution in [2.45, 2.75) is 12.5 Å². The number of nitrogens with one attached hydrogen (secondary N) is 1. The van der Waals surface area contributed by atoms with Crippen LogP contribution in [0.4, 0.5) is 0 Å². The molecule has 0 aliphatic carbocycles. The Labute approximate surface area is 109 Å². The third-order valence-corrected chi connectivity index (χ3v) is 2.47. The van der Waals surface area contributed by atoms with E-state index in [-0.39, 0.29) is 24.3 Å². The van der Waals surface area contributed by atoms with Crippen LogP contribution in [0.2, 0.25) is 0 Å². The average Bonchev–Trinajstić information content (AvgIpc) is 2.38. The number of aliphatic hydroxyl groups is 1. The summed E-state index contributed by atoms with van der Waals surface area (Å²) in [6, 6.07) is 2.81. The zero-order valence-corrected chi connectivity index (χ0v) is 10.3. The molecule has 0 radical (unpaired) electrons. The number of rotatable bonds is 6. The SMILES string of the molecule is COc1ccc(O)c(C(=O)N[C@H](CCO)C(=O)O)c1. The van der Waals surface area contributed by atoms with Crippen LogP contribution in [0.3, 0.4) is 0 Å². The van der Waals surface area contributed by atoms with Gasteiger partial charge in [0.1, 0.15) is 17.5 Å². The first kappa shape index (κ1) is 14.8. The van der Waals surface area contributed by atoms with E-state index < -0.39 is 17.9 Å². The number of aliphatic carboxylic acids is 1. The molecular formula is C12H15NO6. The van der Waals surface area contributed by atoms with Crippen molar-refractivity contribution in [1.29, 1.82) is 0 Å². The summed E-state index contributed by atoms with van der Waals surface area (Å²) in [5.74, 6) is -1.94. The van der Waals surface area contributed by atoms with Gasteiger partial charge in [-0.15, -0.1) is 0 Å². The molecule has 1 rings (SSSR count). The first-order chi connectivity index (χ1) is 8.99. The zero-order valence-electron chi connectivity index (χ0n) is 10.3. The minimum atomic E-state index is -1.26. The van der Waals surface area contributed by atoms with Gasteiger partial charge in [0.15, 0.2) is 0 Å². The van der Waals surface area contributed by atoms with Crippen LogP contribution in [-0.2, 0) is 4.79 Å². The molecule has 0 saturated carbocycles. The van der Waals surface area contributed by atoms with Crippen LogP contribution in [0.5, 0.6) is 11.5 Å². The molecule has 0 bridgehead atoms. The van der Waals surface area contributed by atoms with Crippen molar-refractivity contribution < 1.29 is 29.6 Å². The smallest absolute Gasteiger partial charge is 0.326 e. The van der Waals surface area contributed by atoms with Crippen LogP contribution in [0, 0.1) is 0 Å². The Bertz CT molecular complexity index is 473. The number of hydrogen-bond acceptors (Lipinski definition) is 5. The first-order valence-corrected chi connectivity index (χ1v) is 5.51. The van der Waals surface area contributed by atoms with E-state index >= 15 is 0 Å². The Balaban J connectivity index is 2.90. The van der Waals surface area contributed by atoms with Crippen molar-refractivity contribution in [3.8, 4) is 11.5 Å². The van der Waals surface area contributed by atoms with Crippen molar-refractivity contribution in [3.05, 3.63) is 23.8 Å². The Morgan fingerprint density at radius 1 is 1.42 bits per heavy atom. The van der Waals surface area contributed by atoms with E-state index in [9.17, 15) is 14.7 Å². The van der Waals surface area contributed by atoms with Gasteiger partial charge in [-0.1, -0.05) is 0 Å². The number of amides is 1. The maximum Gasteiger partial charge on any atom is 0.326 e. The summed E-state index contributed by atoms with van der Waals surface area (Å²) < 4.78 is 4.91. The summed E-state index contributed by atoms with van der Waals surface area (Å²) in [5, 5.41) is 29.4. The summed E-state index contributed by atoms with van der Waals surface area (Å²) in [7, 11) is 1.40. The fraction of sp³-hybridized carbons (Fsp3) is 0.333. The number of ether oxygens (including phenoxy) is 1. The lowest BCUT2D eigenvalue weighted by molar-refractivity contribution is -0.139. The number of benzene rings is 1. The number of methoxy groups -OCH3 is 1. The molecule has 0 aromatic heterocycles. The van der Waals surface area contributed by atoms with E-state index in [4.69, 9.17) is 14.9 Å². The van der Waals surface area contributed by atoms with Crippen LogP contribution in [0.25, 0.3) is 0 Å². The lowest BCUT2D eigenvalue weighted by Gasteiger charge is -2.14. The van der Waals surface area contributed by atoms with Gasteiger partial charge >= 0.3 is 5.97 Å². The molecule has 0 unspecified atom stereocenters. The van der Waals surface area contributed by atoms with Crippen LogP contribution in [0.15, 0.2) is 18.2 Å². The average molecular weight is 269 g/mol. The highest BCUT2D eigenvalue weighted by molar-refractivity contribution is 5.99. The molecule has 0 aliphatic heterocycles. The van der Waals surface area contributed by atoms with Crippen molar-refractivity contribution in [3.63, 3.8) is 0 Å². The molecule has 1 aromatic rings. The van der Waals surface area contributed by atoms with Crippen LogP contribution < -0.4 is 10.1 Å². The second-order valence-corrected chi connectivity index (χ2v) is 3.76. The second kappa shape index (κ2) is 6.60. The molecule has 0 aliphatic rings. The maximum atomic E-state index is 11.9. The summed E-state index contributed by atoms with van der Waals surface area (Å²) in [6.07, 6.45) is -0.119. The number of aliphatic hydroxyl groups excluding tert-OH is 1. The monoisotopic (exact) mass is 269 g/mol. The largest absolute Gasteiger partial charge is 0.507 e. The molecule has 0 heterocycles. The fourth-order valence-corrected chi connectivity index (χ4v) is 1.45. The van der Waals surface area contributed by atoms with E-state index in [1.54, 1.807) is 0 Å². The summed E-state index contributed by atoms with van der Waals surface area (Å²) in [4.78, 5) is 22.7. The number of carbonyl (C=O) groups is 2. The van der Waals surface area contributed by atoms with Crippen molar-refractivity contribution in [2.75, 3.05) is 13.7 Å². The summed E-state index contributed by atoms with van der Waals surface area (Å²) in [5.41, 5.74) is -0.0939. The number of phenolic OH excluding ortho intramolecular Hbond substituents is 1. The van der Waals surface area contributed by atoms with Crippen LogP contribution in [-0.4, -0.2) is 47.0 Å². The van der Waals surface area contributed by atoms with Crippen LogP contribution >= 0.6 is 0 Å². The Hall–Kier alpha value is -2.28. The molecule has 1 atom stereocenters. The van der Waals surface area contributed by atoms with E-state index in [0.717, 1.165) is 0 Å². The van der Waals surface area contributed by atoms with Gasteiger partial charge < -0.3 is 25.4 Å². The molecule has 4 N–H and O–H groups in total. The third-order valence-electron chi connectivity index (χ3n) is 2.47. The normalized spacial score (nSPS) is 11.7. The van der Waals surface area contributed by atoms with Gasteiger partial charge in [0.2, 0.25) is 0 Å². The molecular weight excluding hydrogens is 254 g/mol. The van der Waals surface area contributed by atoms with Gasteiger partial charge in [0.25, 0.3) is 5.91 Å². The standard InChI is InChI=1S/C12H15NO6/c1-19-7-2-3-10(15)8(6-7)11(16)13-9(4-5-14)12(17)18/h2-3,6,9,14-15H,4-5H2,1H3,(H,13,16)(H,17,18)/t9-/m1/s1. The predicted molar refractivity (Wildman–Crippen MR) is 65.3 cm³/mol. The molecule has 1 aromatic carbocycles. The molecule has 7 nitrogen and oxygen atoms in total. The molecule has 7 heteroatoms. The van der Waals surface area contributed by atoms with E-state index in [0.29, 0.717) is 5.75 Å². The van der Waals surface area contributed by atoms with Crippen LogP contribution in [0.1, 0.15) is 16.8 Å². The number of aromatic hydroxyl groups is 1. The highest BCUT2D eigenvalue weighted by atomic mass is 16.5. The molecule has 104 valence electrons. The quantitative estimate of drug-likeness (QED) is 0.576. The van der Waals surface area contributed by atoms with Gasteiger partial charge in [-0.2, -0.15) is 0 Å². The maximum absolute atomic E-state index is 11.9. The van der Waals surface area contributed by atoms with Crippen molar-refractivity contribution in [2.24, 2.45) is 0 Å². The van der Waals surface area contributed by atoms with Gasteiger partial charge in [-0.25, -0.2) is 4.79 Å². The molecule has 19 heavy (non-hydrogen) atoms. The number of carboxylic acids is 1. The lowest BCUT2D eigenvalue weighted by atomic mass is 10.1. The minimum absolute atomic E-state index is 0.0939. The van der Waals surface area contributed by atoms with E-state index in [1.807, 2.05) is 0 Å². The first-order valence-electron chi connectivity index (χ1n) is 5.51. The van der Waals surface area contributed by atoms with Crippen molar-refractivity contribution in [1.82, 2.24) is 5.32 Å². The Morgan fingerprint density at radius 2 is 2.11 bits per heavy atom. The number of hydrogen-bond donors (Lipinski definition) is 4. The highest BCUT2D eigenvalue weighted by Gasteiger charge is 2.21. The number of carboxylic acid groups (broad SMARTS) is 1. The molecule has 0 saturated heterocycles. The Kier molecular flexibility index (Phi) is 5.13. The number of phenols is 1. The number of carbonyl (C=O) groups excluding carboxylic acids is 1.